The van der Waals surface area contributed by atoms with E-state index in [4.69, 9.17) is 10.5 Å². The molecule has 1 saturated heterocycles. The molecule has 0 saturated carbocycles. The van der Waals surface area contributed by atoms with Crippen LogP contribution in [0.2, 0.25) is 0 Å². The summed E-state index contributed by atoms with van der Waals surface area (Å²) in [5, 5.41) is 12.7. The zero-order valence-corrected chi connectivity index (χ0v) is 14.6. The minimum atomic E-state index is 0.181. The first kappa shape index (κ1) is 17.0. The van der Waals surface area contributed by atoms with E-state index in [1.54, 1.807) is 12.4 Å². The summed E-state index contributed by atoms with van der Waals surface area (Å²) in [5.74, 6) is 0.708. The fraction of sp³-hybridized carbons (Fsp3) is 0.263. The van der Waals surface area contributed by atoms with Gasteiger partial charge in [-0.2, -0.15) is 5.26 Å². The van der Waals surface area contributed by atoms with Gasteiger partial charge in [-0.1, -0.05) is 0 Å². The van der Waals surface area contributed by atoms with Gasteiger partial charge >= 0.3 is 0 Å². The predicted octanol–water partition coefficient (Wildman–Crippen LogP) is 2.58. The van der Waals surface area contributed by atoms with Gasteiger partial charge < -0.3 is 20.8 Å². The second-order valence-electron chi connectivity index (χ2n) is 6.32. The number of nitriles is 1. The van der Waals surface area contributed by atoms with Crippen molar-refractivity contribution in [1.29, 1.82) is 5.26 Å². The normalized spacial score (nSPS) is 16.2. The van der Waals surface area contributed by atoms with Crippen molar-refractivity contribution < 1.29 is 4.74 Å². The molecule has 8 heteroatoms. The molecular weight excluding hydrogens is 342 g/mol. The van der Waals surface area contributed by atoms with Gasteiger partial charge in [0.1, 0.15) is 17.5 Å². The summed E-state index contributed by atoms with van der Waals surface area (Å²) in [5.41, 5.74) is 9.16. The van der Waals surface area contributed by atoms with Crippen LogP contribution in [0.1, 0.15) is 18.4 Å². The summed E-state index contributed by atoms with van der Waals surface area (Å²) in [7, 11) is 0. The minimum Gasteiger partial charge on any atom is -0.383 e. The van der Waals surface area contributed by atoms with Gasteiger partial charge in [0.2, 0.25) is 5.95 Å². The van der Waals surface area contributed by atoms with E-state index < -0.39 is 0 Å². The van der Waals surface area contributed by atoms with Crippen LogP contribution in [0.25, 0.3) is 22.5 Å². The van der Waals surface area contributed by atoms with Crippen molar-refractivity contribution in [2.45, 2.75) is 18.9 Å². The van der Waals surface area contributed by atoms with Crippen molar-refractivity contribution in [1.82, 2.24) is 19.9 Å². The molecule has 0 bridgehead atoms. The molecular formula is C19H19N7O. The van der Waals surface area contributed by atoms with Crippen LogP contribution in [0.5, 0.6) is 0 Å². The highest BCUT2D eigenvalue weighted by Gasteiger charge is 2.16. The van der Waals surface area contributed by atoms with Crippen LogP contribution in [0, 0.1) is 11.3 Å². The standard InChI is InChI=1S/C19H19N7O/c20-8-15-14(7-17(26-18(15)21)16-4-1-5-22-16)12-9-23-19(24-10-12)25-11-13-3-2-6-27-13/h1,4-5,7,9-10,13,22H,2-3,6,11H2,(H2,21,26)(H,23,24,25)/t13-/m1/s1. The van der Waals surface area contributed by atoms with Crippen molar-refractivity contribution in [3.05, 3.63) is 42.4 Å². The molecule has 0 aliphatic carbocycles. The van der Waals surface area contributed by atoms with E-state index >= 15 is 0 Å². The Kier molecular flexibility index (Phi) is 4.68. The maximum Gasteiger partial charge on any atom is 0.222 e. The SMILES string of the molecule is N#Cc1c(-c2cnc(NC[C@H]3CCCO3)nc2)cc(-c2ccc[nH]2)nc1N. The Morgan fingerprint density at radius 2 is 2.22 bits per heavy atom. The lowest BCUT2D eigenvalue weighted by Crippen LogP contribution is -2.19. The van der Waals surface area contributed by atoms with Crippen LogP contribution in [0.15, 0.2) is 36.8 Å². The highest BCUT2D eigenvalue weighted by molar-refractivity contribution is 5.78. The van der Waals surface area contributed by atoms with Crippen molar-refractivity contribution in [2.75, 3.05) is 24.2 Å². The molecule has 1 aliphatic heterocycles. The maximum atomic E-state index is 9.50. The van der Waals surface area contributed by atoms with Gasteiger partial charge in [-0.05, 0) is 31.0 Å². The van der Waals surface area contributed by atoms with E-state index in [1.807, 2.05) is 24.4 Å². The number of aromatic amines is 1. The third kappa shape index (κ3) is 3.59. The Bertz CT molecular complexity index is 955. The van der Waals surface area contributed by atoms with E-state index in [1.165, 1.54) is 0 Å². The van der Waals surface area contributed by atoms with Gasteiger partial charge in [0.15, 0.2) is 0 Å². The van der Waals surface area contributed by atoms with E-state index in [9.17, 15) is 5.26 Å². The Morgan fingerprint density at radius 1 is 1.37 bits per heavy atom. The molecule has 1 aliphatic rings. The van der Waals surface area contributed by atoms with Crippen LogP contribution in [-0.4, -0.2) is 39.2 Å². The molecule has 1 atom stereocenters. The third-order valence-electron chi connectivity index (χ3n) is 4.51. The number of nitrogens with two attached hydrogens (primary N) is 1. The molecule has 8 nitrogen and oxygen atoms in total. The Labute approximate surface area is 156 Å². The number of nitrogens with zero attached hydrogens (tertiary/aromatic N) is 4. The number of hydrogen-bond donors (Lipinski definition) is 3. The highest BCUT2D eigenvalue weighted by atomic mass is 16.5. The average molecular weight is 361 g/mol. The van der Waals surface area contributed by atoms with E-state index in [0.29, 0.717) is 34.9 Å². The summed E-state index contributed by atoms with van der Waals surface area (Å²) >= 11 is 0. The van der Waals surface area contributed by atoms with Crippen molar-refractivity contribution in [2.24, 2.45) is 0 Å². The van der Waals surface area contributed by atoms with E-state index in [2.05, 4.69) is 31.3 Å². The van der Waals surface area contributed by atoms with Gasteiger partial charge in [0, 0.05) is 42.9 Å². The summed E-state index contributed by atoms with van der Waals surface area (Å²) < 4.78 is 5.58. The fourth-order valence-corrected chi connectivity index (χ4v) is 3.11. The third-order valence-corrected chi connectivity index (χ3v) is 4.51. The first-order chi connectivity index (χ1) is 13.2. The number of hydrogen-bond acceptors (Lipinski definition) is 7. The molecule has 0 amide bonds. The molecule has 3 aromatic heterocycles. The Balaban J connectivity index is 1.61. The van der Waals surface area contributed by atoms with Crippen LogP contribution >= 0.6 is 0 Å². The largest absolute Gasteiger partial charge is 0.383 e. The lowest BCUT2D eigenvalue weighted by molar-refractivity contribution is 0.120. The summed E-state index contributed by atoms with van der Waals surface area (Å²) in [4.78, 5) is 16.1. The first-order valence-electron chi connectivity index (χ1n) is 8.77. The second-order valence-corrected chi connectivity index (χ2v) is 6.32. The zero-order valence-electron chi connectivity index (χ0n) is 14.6. The van der Waals surface area contributed by atoms with Gasteiger partial charge in [-0.3, -0.25) is 0 Å². The number of aromatic nitrogens is 4. The minimum absolute atomic E-state index is 0.181. The molecule has 0 radical (unpaired) electrons. The molecule has 4 heterocycles. The maximum absolute atomic E-state index is 9.50. The second kappa shape index (κ2) is 7.43. The molecule has 4 rings (SSSR count). The Hall–Kier alpha value is -3.44. The predicted molar refractivity (Wildman–Crippen MR) is 102 cm³/mol. The molecule has 0 aromatic carbocycles. The monoisotopic (exact) mass is 361 g/mol. The number of H-pyrrole nitrogens is 1. The average Bonchev–Trinajstić information content (AvgIpc) is 3.40. The zero-order chi connectivity index (χ0) is 18.6. The van der Waals surface area contributed by atoms with Crippen LogP contribution in [0.4, 0.5) is 11.8 Å². The molecule has 27 heavy (non-hydrogen) atoms. The number of rotatable bonds is 5. The summed E-state index contributed by atoms with van der Waals surface area (Å²) in [6, 6.07) is 7.72. The van der Waals surface area contributed by atoms with Gasteiger partial charge in [-0.15, -0.1) is 0 Å². The van der Waals surface area contributed by atoms with Gasteiger partial charge in [-0.25, -0.2) is 15.0 Å². The van der Waals surface area contributed by atoms with Crippen molar-refractivity contribution >= 4 is 11.8 Å². The molecule has 0 spiro atoms. The molecule has 4 N–H and O–H groups in total. The van der Waals surface area contributed by atoms with Crippen LogP contribution in [-0.2, 0) is 4.74 Å². The molecule has 1 fully saturated rings. The number of pyridine rings is 1. The van der Waals surface area contributed by atoms with Crippen molar-refractivity contribution in [3.63, 3.8) is 0 Å². The smallest absolute Gasteiger partial charge is 0.222 e. The molecule has 0 unspecified atom stereocenters. The Morgan fingerprint density at radius 3 is 2.89 bits per heavy atom. The lowest BCUT2D eigenvalue weighted by Gasteiger charge is -2.12. The van der Waals surface area contributed by atoms with Crippen molar-refractivity contribution in [3.8, 4) is 28.6 Å². The van der Waals surface area contributed by atoms with E-state index in [-0.39, 0.29) is 11.9 Å². The number of ether oxygens (including phenoxy) is 1. The summed E-state index contributed by atoms with van der Waals surface area (Å²) in [6.45, 7) is 1.50. The van der Waals surface area contributed by atoms with Gasteiger partial charge in [0.25, 0.3) is 0 Å². The van der Waals surface area contributed by atoms with Crippen LogP contribution in [0.3, 0.4) is 0 Å². The lowest BCUT2D eigenvalue weighted by atomic mass is 10.0. The molecule has 3 aromatic rings. The number of nitrogen functional groups attached to an aromatic ring is 1. The summed E-state index contributed by atoms with van der Waals surface area (Å²) in [6.07, 6.45) is 7.52. The highest BCUT2D eigenvalue weighted by Crippen LogP contribution is 2.30. The number of nitrogens with one attached hydrogen (secondary N) is 2. The van der Waals surface area contributed by atoms with Gasteiger partial charge in [0.05, 0.1) is 17.5 Å². The topological polar surface area (TPSA) is 126 Å². The van der Waals surface area contributed by atoms with Crippen LogP contribution < -0.4 is 11.1 Å². The molecule has 136 valence electrons. The number of anilines is 2. The van der Waals surface area contributed by atoms with E-state index in [0.717, 1.165) is 25.1 Å². The quantitative estimate of drug-likeness (QED) is 0.637. The fourth-order valence-electron chi connectivity index (χ4n) is 3.11. The first-order valence-corrected chi connectivity index (χ1v) is 8.77.